The number of hydrogen-bond acceptors (Lipinski definition) is 4. The van der Waals surface area contributed by atoms with Crippen LogP contribution >= 0.6 is 0 Å². The van der Waals surface area contributed by atoms with Gasteiger partial charge in [-0.25, -0.2) is 0 Å². The van der Waals surface area contributed by atoms with E-state index < -0.39 is 0 Å². The molecule has 2 aromatic carbocycles. The first kappa shape index (κ1) is 32.1. The summed E-state index contributed by atoms with van der Waals surface area (Å²) < 4.78 is 10.1. The second kappa shape index (κ2) is 19.6. The molecule has 2 aromatic rings. The maximum atomic E-state index is 5.24. The number of quaternary nitrogens is 2. The molecule has 2 N–H and O–H groups in total. The van der Waals surface area contributed by atoms with Crippen LogP contribution in [0.15, 0.2) is 58.3 Å². The van der Waals surface area contributed by atoms with Crippen LogP contribution in [-0.4, -0.2) is 54.6 Å². The van der Waals surface area contributed by atoms with Gasteiger partial charge in [-0.05, 0) is 11.1 Å². The van der Waals surface area contributed by atoms with Crippen LogP contribution in [0.3, 0.4) is 0 Å². The number of hydrogen-bond donors (Lipinski definition) is 2. The number of ether oxygens (including phenoxy) is 2. The monoisotopic (exact) mass is 436 g/mol. The fourth-order valence-corrected chi connectivity index (χ4v) is 3.12. The molecule has 0 saturated carbocycles. The molecule has 2 unspecified atom stereocenters. The van der Waals surface area contributed by atoms with Crippen LogP contribution < -0.4 is 47.5 Å². The van der Waals surface area contributed by atoms with E-state index in [0.717, 1.165) is 49.2 Å². The smallest absolute Gasteiger partial charge is 0.779 e. The van der Waals surface area contributed by atoms with Crippen LogP contribution in [0.4, 0.5) is 0 Å². The Balaban J connectivity index is 0. The summed E-state index contributed by atoms with van der Waals surface area (Å²) in [6.45, 7) is 5.57. The molecular weight excluding hydrogens is 402 g/mol. The Bertz CT molecular complexity index is 624. The molecule has 0 spiro atoms. The molecule has 0 aliphatic carbocycles. The Morgan fingerprint density at radius 2 is 1.00 bits per heavy atom. The largest absolute Gasteiger partial charge is 1.00 e. The Labute approximate surface area is 218 Å². The second-order valence-corrected chi connectivity index (χ2v) is 7.85. The zero-order valence-corrected chi connectivity index (χ0v) is 21.1. The van der Waals surface area contributed by atoms with Crippen LogP contribution in [0.5, 0.6) is 0 Å². The van der Waals surface area contributed by atoms with Gasteiger partial charge in [0.1, 0.15) is 26.2 Å². The number of benzene rings is 2. The van der Waals surface area contributed by atoms with Gasteiger partial charge in [-0.3, -0.25) is 0 Å². The molecule has 0 aliphatic rings. The summed E-state index contributed by atoms with van der Waals surface area (Å²) in [5, 5.41) is 0. The van der Waals surface area contributed by atoms with Gasteiger partial charge < -0.3 is 44.5 Å². The van der Waals surface area contributed by atoms with Crippen molar-refractivity contribution in [1.29, 1.82) is 0 Å². The van der Waals surface area contributed by atoms with Crippen LogP contribution in [0.2, 0.25) is 0 Å². The molecule has 0 amide bonds. The van der Waals surface area contributed by atoms with Crippen LogP contribution in [-0.2, 0) is 47.8 Å². The quantitative estimate of drug-likeness (QED) is 0.287. The van der Waals surface area contributed by atoms with Crippen molar-refractivity contribution in [2.24, 2.45) is 0 Å². The van der Waals surface area contributed by atoms with Crippen molar-refractivity contribution in [2.75, 3.05) is 54.6 Å². The van der Waals surface area contributed by atoms with Crippen molar-refractivity contribution in [2.45, 2.75) is 22.9 Å². The van der Waals surface area contributed by atoms with Crippen molar-refractivity contribution < 1.29 is 57.0 Å². The zero-order chi connectivity index (χ0) is 20.8. The third-order valence-electron chi connectivity index (χ3n) is 4.40. The molecule has 0 fully saturated rings. The standard InChI is InChI=1S/2C11H17NOS.2Li/c2*1-12(7-8-13-2)9-10-5-3-4-6-11(10)14;;/h2*3-6,14H,7-9H2,1-2H3;;/q;;2*+1. The van der Waals surface area contributed by atoms with Gasteiger partial charge in [0.05, 0.1) is 27.3 Å². The van der Waals surface area contributed by atoms with Gasteiger partial charge in [0.25, 0.3) is 0 Å². The molecule has 30 heavy (non-hydrogen) atoms. The molecule has 0 aliphatic heterocycles. The third kappa shape index (κ3) is 14.1. The van der Waals surface area contributed by atoms with Gasteiger partial charge in [0.15, 0.2) is 0 Å². The summed E-state index contributed by atoms with van der Waals surface area (Å²) >= 11 is 10.5. The SMILES string of the molecule is COCC[NH+](C)Cc1ccccc1[S-].COCC[NH+](C)Cc1ccccc1[S-].[Li+].[Li+]. The van der Waals surface area contributed by atoms with Crippen molar-refractivity contribution in [3.8, 4) is 0 Å². The molecule has 0 bridgehead atoms. The van der Waals surface area contributed by atoms with Gasteiger partial charge in [0, 0.05) is 14.2 Å². The van der Waals surface area contributed by atoms with Gasteiger partial charge in [0.2, 0.25) is 0 Å². The van der Waals surface area contributed by atoms with Crippen molar-refractivity contribution in [3.63, 3.8) is 0 Å². The number of nitrogens with one attached hydrogen (secondary N) is 2. The summed E-state index contributed by atoms with van der Waals surface area (Å²) in [5.74, 6) is 0. The predicted octanol–water partition coefficient (Wildman–Crippen LogP) is -5.49. The van der Waals surface area contributed by atoms with Gasteiger partial charge in [-0.1, -0.05) is 48.5 Å². The maximum Gasteiger partial charge on any atom is 1.00 e. The van der Waals surface area contributed by atoms with Crippen LogP contribution in [0.1, 0.15) is 11.1 Å². The zero-order valence-electron chi connectivity index (χ0n) is 19.5. The molecule has 2 atom stereocenters. The van der Waals surface area contributed by atoms with E-state index in [1.54, 1.807) is 14.2 Å². The molecule has 0 radical (unpaired) electrons. The minimum Gasteiger partial charge on any atom is -0.779 e. The average Bonchev–Trinajstić information content (AvgIpc) is 2.69. The van der Waals surface area contributed by atoms with E-state index in [2.05, 4.69) is 26.2 Å². The summed E-state index contributed by atoms with van der Waals surface area (Å²) in [6, 6.07) is 16.2. The fourth-order valence-electron chi connectivity index (χ4n) is 2.68. The topological polar surface area (TPSA) is 27.3 Å². The Morgan fingerprint density at radius 3 is 1.30 bits per heavy atom. The van der Waals surface area contributed by atoms with Crippen molar-refractivity contribution >= 4 is 25.3 Å². The fraction of sp³-hybridized carbons (Fsp3) is 0.455. The first-order valence-electron chi connectivity index (χ1n) is 9.58. The molecule has 8 heteroatoms. The Kier molecular flexibility index (Phi) is 21.0. The number of rotatable bonds is 10. The van der Waals surface area contributed by atoms with E-state index in [1.165, 1.54) is 20.9 Å². The summed E-state index contributed by atoms with van der Waals surface area (Å²) in [6.07, 6.45) is 0. The van der Waals surface area contributed by atoms with Crippen molar-refractivity contribution in [3.05, 3.63) is 59.7 Å². The number of likely N-dealkylation sites (N-methyl/N-ethyl adjacent to an activating group) is 2. The van der Waals surface area contributed by atoms with Crippen LogP contribution in [0.25, 0.3) is 0 Å². The van der Waals surface area contributed by atoms with Crippen LogP contribution in [0, 0.1) is 0 Å². The van der Waals surface area contributed by atoms with E-state index in [9.17, 15) is 0 Å². The van der Waals surface area contributed by atoms with E-state index in [-0.39, 0.29) is 37.7 Å². The third-order valence-corrected chi connectivity index (χ3v) is 5.19. The molecule has 156 valence electrons. The van der Waals surface area contributed by atoms with E-state index in [4.69, 9.17) is 34.7 Å². The molecular formula is C22H34Li2N2O2S2+2. The predicted molar refractivity (Wildman–Crippen MR) is 119 cm³/mol. The number of methoxy groups -OCH3 is 2. The minimum absolute atomic E-state index is 0. The van der Waals surface area contributed by atoms with Gasteiger partial charge in [-0.15, -0.1) is 0 Å². The summed E-state index contributed by atoms with van der Waals surface area (Å²) in [7, 11) is 7.77. The van der Waals surface area contributed by atoms with Gasteiger partial charge >= 0.3 is 37.7 Å². The summed E-state index contributed by atoms with van der Waals surface area (Å²) in [5.41, 5.74) is 2.49. The first-order chi connectivity index (χ1) is 13.5. The van der Waals surface area contributed by atoms with Crippen molar-refractivity contribution in [1.82, 2.24) is 0 Å². The molecule has 0 heterocycles. The van der Waals surface area contributed by atoms with E-state index >= 15 is 0 Å². The first-order valence-corrected chi connectivity index (χ1v) is 10.4. The molecule has 2 rings (SSSR count). The average molecular weight is 437 g/mol. The van der Waals surface area contributed by atoms with Gasteiger partial charge in [-0.2, -0.15) is 9.79 Å². The normalized spacial score (nSPS) is 11.9. The molecule has 0 aromatic heterocycles. The van der Waals surface area contributed by atoms with E-state index in [1.807, 2.05) is 36.4 Å². The summed E-state index contributed by atoms with van der Waals surface area (Å²) in [4.78, 5) is 4.77. The van der Waals surface area contributed by atoms with E-state index in [0.29, 0.717) is 0 Å². The molecule has 0 saturated heterocycles. The Hall–Kier alpha value is -0.0852. The minimum atomic E-state index is 0. The molecule has 4 nitrogen and oxygen atoms in total. The Morgan fingerprint density at radius 1 is 0.667 bits per heavy atom. The second-order valence-electron chi connectivity index (χ2n) is 6.97. The maximum absolute atomic E-state index is 5.24.